The maximum absolute atomic E-state index is 11.4. The van der Waals surface area contributed by atoms with Gasteiger partial charge in [-0.1, -0.05) is 20.8 Å². The highest BCUT2D eigenvalue weighted by molar-refractivity contribution is 5.81. The average molecular weight is 168 g/mol. The van der Waals surface area contributed by atoms with Gasteiger partial charge in [-0.2, -0.15) is 5.26 Å². The van der Waals surface area contributed by atoms with Crippen LogP contribution in [0.25, 0.3) is 0 Å². The number of hydrogen-bond donors (Lipinski definition) is 0. The molecule has 3 heteroatoms. The predicted molar refractivity (Wildman–Crippen MR) is 47.3 cm³/mol. The molecule has 0 aliphatic rings. The van der Waals surface area contributed by atoms with E-state index in [1.54, 1.807) is 14.1 Å². The van der Waals surface area contributed by atoms with Crippen LogP contribution in [0.4, 0.5) is 0 Å². The Balaban J connectivity index is 4.62. The average Bonchev–Trinajstić information content (AvgIpc) is 1.85. The summed E-state index contributed by atoms with van der Waals surface area (Å²) >= 11 is 0. The largest absolute Gasteiger partial charge is 0.348 e. The van der Waals surface area contributed by atoms with Crippen molar-refractivity contribution < 1.29 is 4.79 Å². The summed E-state index contributed by atoms with van der Waals surface area (Å²) in [6, 6.07) is 2.03. The first-order valence-corrected chi connectivity index (χ1v) is 3.91. The molecule has 0 heterocycles. The molecule has 0 rings (SSSR count). The Labute approximate surface area is 74.0 Å². The fourth-order valence-corrected chi connectivity index (χ4v) is 0.877. The molecule has 0 saturated heterocycles. The topological polar surface area (TPSA) is 44.1 Å². The normalized spacial score (nSPS) is 13.3. The van der Waals surface area contributed by atoms with Gasteiger partial charge in [-0.3, -0.25) is 4.79 Å². The third-order valence-corrected chi connectivity index (χ3v) is 1.68. The summed E-state index contributed by atoms with van der Waals surface area (Å²) in [6.45, 7) is 5.67. The molecule has 3 nitrogen and oxygen atoms in total. The van der Waals surface area contributed by atoms with E-state index in [9.17, 15) is 4.79 Å². The van der Waals surface area contributed by atoms with Gasteiger partial charge in [-0.25, -0.2) is 0 Å². The Kier molecular flexibility index (Phi) is 3.26. The third kappa shape index (κ3) is 2.54. The first-order chi connectivity index (χ1) is 5.30. The van der Waals surface area contributed by atoms with Crippen molar-refractivity contribution in [1.29, 1.82) is 5.26 Å². The third-order valence-electron chi connectivity index (χ3n) is 1.68. The van der Waals surface area contributed by atoms with Gasteiger partial charge in [0.25, 0.3) is 0 Å². The standard InChI is InChI=1S/C9H16N2O/c1-9(2,3)7(6-10)8(12)11(4)5/h7H,1-5H3. The number of carbonyl (C=O) groups is 1. The lowest BCUT2D eigenvalue weighted by Crippen LogP contribution is -2.36. The molecule has 12 heavy (non-hydrogen) atoms. The van der Waals surface area contributed by atoms with Crippen LogP contribution in [0.2, 0.25) is 0 Å². The van der Waals surface area contributed by atoms with Gasteiger partial charge in [0.05, 0.1) is 6.07 Å². The molecule has 0 aromatic rings. The second-order valence-corrected chi connectivity index (χ2v) is 4.16. The monoisotopic (exact) mass is 168 g/mol. The fourth-order valence-electron chi connectivity index (χ4n) is 0.877. The first kappa shape index (κ1) is 11.0. The molecule has 0 aliphatic carbocycles. The van der Waals surface area contributed by atoms with E-state index in [0.717, 1.165) is 0 Å². The van der Waals surface area contributed by atoms with Crippen LogP contribution in [0.15, 0.2) is 0 Å². The van der Waals surface area contributed by atoms with E-state index < -0.39 is 5.92 Å². The molecule has 0 saturated carbocycles. The van der Waals surface area contributed by atoms with Gasteiger partial charge < -0.3 is 4.90 Å². The van der Waals surface area contributed by atoms with Gasteiger partial charge in [-0.05, 0) is 5.41 Å². The van der Waals surface area contributed by atoms with E-state index in [1.165, 1.54) is 4.90 Å². The van der Waals surface area contributed by atoms with E-state index in [2.05, 4.69) is 0 Å². The van der Waals surface area contributed by atoms with Gasteiger partial charge >= 0.3 is 0 Å². The molecular weight excluding hydrogens is 152 g/mol. The maximum atomic E-state index is 11.4. The lowest BCUT2D eigenvalue weighted by Gasteiger charge is -2.26. The molecular formula is C9H16N2O. The Bertz CT molecular complexity index is 208. The number of nitriles is 1. The Morgan fingerprint density at radius 3 is 1.92 bits per heavy atom. The maximum Gasteiger partial charge on any atom is 0.239 e. The molecule has 0 aromatic heterocycles. The Morgan fingerprint density at radius 2 is 1.83 bits per heavy atom. The van der Waals surface area contributed by atoms with Gasteiger partial charge in [0.1, 0.15) is 5.92 Å². The summed E-state index contributed by atoms with van der Waals surface area (Å²) in [5.74, 6) is -0.669. The van der Waals surface area contributed by atoms with Crippen molar-refractivity contribution in [3.63, 3.8) is 0 Å². The highest BCUT2D eigenvalue weighted by atomic mass is 16.2. The lowest BCUT2D eigenvalue weighted by molar-refractivity contribution is -0.133. The van der Waals surface area contributed by atoms with Crippen molar-refractivity contribution in [3.8, 4) is 6.07 Å². The minimum atomic E-state index is -0.549. The van der Waals surface area contributed by atoms with Crippen LogP contribution < -0.4 is 0 Å². The Hall–Kier alpha value is -1.04. The van der Waals surface area contributed by atoms with Gasteiger partial charge in [0.15, 0.2) is 0 Å². The first-order valence-electron chi connectivity index (χ1n) is 3.91. The molecule has 0 aromatic carbocycles. The quantitative estimate of drug-likeness (QED) is 0.591. The smallest absolute Gasteiger partial charge is 0.239 e. The summed E-state index contributed by atoms with van der Waals surface area (Å²) in [5, 5.41) is 8.78. The predicted octanol–water partition coefficient (Wildman–Crippen LogP) is 1.26. The van der Waals surface area contributed by atoms with Crippen LogP contribution in [-0.4, -0.2) is 24.9 Å². The summed E-state index contributed by atoms with van der Waals surface area (Å²) in [4.78, 5) is 12.9. The SMILES string of the molecule is CN(C)C(=O)C(C#N)C(C)(C)C. The number of hydrogen-bond acceptors (Lipinski definition) is 2. The highest BCUT2D eigenvalue weighted by Crippen LogP contribution is 2.26. The summed E-state index contributed by atoms with van der Waals surface area (Å²) in [6.07, 6.45) is 0. The van der Waals surface area contributed by atoms with Crippen molar-refractivity contribution in [2.24, 2.45) is 11.3 Å². The molecule has 68 valence electrons. The zero-order valence-corrected chi connectivity index (χ0v) is 8.38. The summed E-state index contributed by atoms with van der Waals surface area (Å²) in [5.41, 5.74) is -0.282. The molecule has 1 unspecified atom stereocenters. The number of nitrogens with zero attached hydrogens (tertiary/aromatic N) is 2. The van der Waals surface area contributed by atoms with Crippen molar-refractivity contribution in [2.45, 2.75) is 20.8 Å². The van der Waals surface area contributed by atoms with Gasteiger partial charge in [-0.15, -0.1) is 0 Å². The molecule has 1 amide bonds. The minimum Gasteiger partial charge on any atom is -0.348 e. The minimum absolute atomic E-state index is 0.120. The van der Waals surface area contributed by atoms with E-state index in [-0.39, 0.29) is 11.3 Å². The van der Waals surface area contributed by atoms with E-state index in [0.29, 0.717) is 0 Å². The number of rotatable bonds is 1. The van der Waals surface area contributed by atoms with Crippen LogP contribution in [0.5, 0.6) is 0 Å². The van der Waals surface area contributed by atoms with Gasteiger partial charge in [0, 0.05) is 14.1 Å². The van der Waals surface area contributed by atoms with Crippen LogP contribution in [0.1, 0.15) is 20.8 Å². The van der Waals surface area contributed by atoms with Gasteiger partial charge in [0.2, 0.25) is 5.91 Å². The van der Waals surface area contributed by atoms with Crippen molar-refractivity contribution in [3.05, 3.63) is 0 Å². The summed E-state index contributed by atoms with van der Waals surface area (Å²) < 4.78 is 0. The zero-order valence-electron chi connectivity index (χ0n) is 8.38. The zero-order chi connectivity index (χ0) is 9.94. The van der Waals surface area contributed by atoms with E-state index >= 15 is 0 Å². The van der Waals surface area contributed by atoms with Crippen molar-refractivity contribution in [1.82, 2.24) is 4.90 Å². The van der Waals surface area contributed by atoms with Crippen LogP contribution in [-0.2, 0) is 4.79 Å². The van der Waals surface area contributed by atoms with Crippen LogP contribution in [0.3, 0.4) is 0 Å². The number of amides is 1. The van der Waals surface area contributed by atoms with Crippen molar-refractivity contribution >= 4 is 5.91 Å². The second kappa shape index (κ2) is 3.57. The molecule has 0 spiro atoms. The highest BCUT2D eigenvalue weighted by Gasteiger charge is 2.32. The van der Waals surface area contributed by atoms with Crippen LogP contribution in [0, 0.1) is 22.7 Å². The summed E-state index contributed by atoms with van der Waals surface area (Å²) in [7, 11) is 3.33. The Morgan fingerprint density at radius 1 is 1.42 bits per heavy atom. The lowest BCUT2D eigenvalue weighted by atomic mass is 9.81. The second-order valence-electron chi connectivity index (χ2n) is 4.16. The van der Waals surface area contributed by atoms with E-state index in [1.807, 2.05) is 26.8 Å². The molecule has 1 atom stereocenters. The van der Waals surface area contributed by atoms with Crippen molar-refractivity contribution in [2.75, 3.05) is 14.1 Å². The molecule has 0 bridgehead atoms. The molecule has 0 N–H and O–H groups in total. The number of carbonyl (C=O) groups excluding carboxylic acids is 1. The molecule has 0 aliphatic heterocycles. The molecule has 0 radical (unpaired) electrons. The van der Waals surface area contributed by atoms with E-state index in [4.69, 9.17) is 5.26 Å². The molecule has 0 fully saturated rings. The fraction of sp³-hybridized carbons (Fsp3) is 0.778. The van der Waals surface area contributed by atoms with Crippen LogP contribution >= 0.6 is 0 Å².